The first-order chi connectivity index (χ1) is 6.81. The summed E-state index contributed by atoms with van der Waals surface area (Å²) in [6.07, 6.45) is 1.06. The average Bonchev–Trinajstić information content (AvgIpc) is 2.67. The minimum atomic E-state index is 0.301. The van der Waals surface area contributed by atoms with Crippen LogP contribution in [0, 0.1) is 12.8 Å². The molecule has 1 heterocycles. The van der Waals surface area contributed by atoms with Crippen molar-refractivity contribution in [3.63, 3.8) is 0 Å². The Morgan fingerprint density at radius 1 is 1.43 bits per heavy atom. The van der Waals surface area contributed by atoms with Crippen molar-refractivity contribution >= 4 is 0 Å². The van der Waals surface area contributed by atoms with Crippen molar-refractivity contribution in [2.75, 3.05) is 13.2 Å². The molecule has 14 heavy (non-hydrogen) atoms. The van der Waals surface area contributed by atoms with Crippen LogP contribution in [0.3, 0.4) is 0 Å². The highest BCUT2D eigenvalue weighted by atomic mass is 16.3. The third-order valence-corrected chi connectivity index (χ3v) is 3.04. The molecule has 2 rings (SSSR count). The van der Waals surface area contributed by atoms with Gasteiger partial charge in [-0.25, -0.2) is 0 Å². The van der Waals surface area contributed by atoms with Crippen LogP contribution < -0.4 is 5.32 Å². The molecule has 0 saturated carbocycles. The first-order valence-corrected chi connectivity index (χ1v) is 5.21. The highest BCUT2D eigenvalue weighted by Gasteiger charge is 2.25. The fourth-order valence-electron chi connectivity index (χ4n) is 2.16. The van der Waals surface area contributed by atoms with Crippen LogP contribution in [0.5, 0.6) is 0 Å². The van der Waals surface area contributed by atoms with Gasteiger partial charge in [0, 0.05) is 19.2 Å². The summed E-state index contributed by atoms with van der Waals surface area (Å²) in [7, 11) is 0. The molecule has 2 atom stereocenters. The molecule has 0 amide bonds. The third kappa shape index (κ3) is 1.81. The Kier molecular flexibility index (Phi) is 2.85. The maximum Gasteiger partial charge on any atom is 0.0472 e. The van der Waals surface area contributed by atoms with E-state index in [1.54, 1.807) is 0 Å². The van der Waals surface area contributed by atoms with Crippen molar-refractivity contribution in [2.24, 2.45) is 5.92 Å². The molecule has 2 unspecified atom stereocenters. The van der Waals surface area contributed by atoms with Crippen LogP contribution in [0.1, 0.15) is 23.6 Å². The van der Waals surface area contributed by atoms with Crippen LogP contribution >= 0.6 is 0 Å². The number of benzene rings is 1. The van der Waals surface area contributed by atoms with Crippen LogP contribution in [0.15, 0.2) is 24.3 Å². The quantitative estimate of drug-likeness (QED) is 0.744. The van der Waals surface area contributed by atoms with Gasteiger partial charge >= 0.3 is 0 Å². The number of hydrogen-bond donors (Lipinski definition) is 2. The van der Waals surface area contributed by atoms with Crippen LogP contribution in [-0.4, -0.2) is 18.3 Å². The van der Waals surface area contributed by atoms with Crippen LogP contribution in [-0.2, 0) is 0 Å². The molecule has 1 fully saturated rings. The molecule has 2 heteroatoms. The molecule has 76 valence electrons. The molecule has 0 bridgehead atoms. The normalized spacial score (nSPS) is 26.7. The SMILES string of the molecule is Cc1ccccc1C1CC(CO)CN1. The molecule has 0 aromatic heterocycles. The summed E-state index contributed by atoms with van der Waals surface area (Å²) in [4.78, 5) is 0. The van der Waals surface area contributed by atoms with E-state index in [4.69, 9.17) is 5.11 Å². The molecule has 2 nitrogen and oxygen atoms in total. The zero-order valence-electron chi connectivity index (χ0n) is 8.53. The lowest BCUT2D eigenvalue weighted by Crippen LogP contribution is -2.15. The van der Waals surface area contributed by atoms with E-state index in [9.17, 15) is 0 Å². The van der Waals surface area contributed by atoms with Gasteiger partial charge < -0.3 is 10.4 Å². The van der Waals surface area contributed by atoms with E-state index in [-0.39, 0.29) is 0 Å². The monoisotopic (exact) mass is 191 g/mol. The summed E-state index contributed by atoms with van der Waals surface area (Å²) >= 11 is 0. The molecule has 0 radical (unpaired) electrons. The lowest BCUT2D eigenvalue weighted by molar-refractivity contribution is 0.236. The zero-order chi connectivity index (χ0) is 9.97. The van der Waals surface area contributed by atoms with Crippen molar-refractivity contribution in [3.8, 4) is 0 Å². The van der Waals surface area contributed by atoms with E-state index in [1.807, 2.05) is 0 Å². The maximum absolute atomic E-state index is 9.06. The van der Waals surface area contributed by atoms with E-state index in [2.05, 4.69) is 36.5 Å². The Morgan fingerprint density at radius 2 is 2.21 bits per heavy atom. The van der Waals surface area contributed by atoms with E-state index in [1.165, 1.54) is 11.1 Å². The minimum absolute atomic E-state index is 0.301. The highest BCUT2D eigenvalue weighted by molar-refractivity contribution is 5.29. The van der Waals surface area contributed by atoms with E-state index >= 15 is 0 Å². The van der Waals surface area contributed by atoms with Crippen molar-refractivity contribution < 1.29 is 5.11 Å². The second-order valence-corrected chi connectivity index (χ2v) is 4.10. The van der Waals surface area contributed by atoms with Crippen molar-refractivity contribution in [1.29, 1.82) is 0 Å². The molecular formula is C12H17NO. The number of aryl methyl sites for hydroxylation is 1. The molecule has 1 aromatic carbocycles. The minimum Gasteiger partial charge on any atom is -0.396 e. The van der Waals surface area contributed by atoms with Crippen LogP contribution in [0.25, 0.3) is 0 Å². The molecule has 1 aromatic rings. The zero-order valence-corrected chi connectivity index (χ0v) is 8.53. The maximum atomic E-state index is 9.06. The fourth-order valence-corrected chi connectivity index (χ4v) is 2.16. The average molecular weight is 191 g/mol. The van der Waals surface area contributed by atoms with Gasteiger partial charge in [-0.2, -0.15) is 0 Å². The number of aliphatic hydroxyl groups excluding tert-OH is 1. The van der Waals surface area contributed by atoms with Gasteiger partial charge in [-0.05, 0) is 30.4 Å². The van der Waals surface area contributed by atoms with Crippen molar-refractivity contribution in [3.05, 3.63) is 35.4 Å². The largest absolute Gasteiger partial charge is 0.396 e. The number of nitrogens with one attached hydrogen (secondary N) is 1. The second-order valence-electron chi connectivity index (χ2n) is 4.10. The summed E-state index contributed by atoms with van der Waals surface area (Å²) in [5, 5.41) is 12.5. The van der Waals surface area contributed by atoms with Gasteiger partial charge in [-0.15, -0.1) is 0 Å². The van der Waals surface area contributed by atoms with Crippen LogP contribution in [0.4, 0.5) is 0 Å². The number of aliphatic hydroxyl groups is 1. The predicted molar refractivity (Wildman–Crippen MR) is 57.1 cm³/mol. The third-order valence-electron chi connectivity index (χ3n) is 3.04. The summed E-state index contributed by atoms with van der Waals surface area (Å²) < 4.78 is 0. The first-order valence-electron chi connectivity index (χ1n) is 5.21. The van der Waals surface area contributed by atoms with Crippen LogP contribution in [0.2, 0.25) is 0 Å². The summed E-state index contributed by atoms with van der Waals surface area (Å²) in [5.74, 6) is 0.430. The Hall–Kier alpha value is -0.860. The predicted octanol–water partition coefficient (Wildman–Crippen LogP) is 1.64. The Labute approximate surface area is 85.0 Å². The lowest BCUT2D eigenvalue weighted by Gasteiger charge is -2.13. The Morgan fingerprint density at radius 3 is 2.86 bits per heavy atom. The van der Waals surface area contributed by atoms with Gasteiger partial charge in [-0.1, -0.05) is 24.3 Å². The molecular weight excluding hydrogens is 174 g/mol. The van der Waals surface area contributed by atoms with E-state index < -0.39 is 0 Å². The summed E-state index contributed by atoms with van der Waals surface area (Å²) in [5.41, 5.74) is 2.71. The van der Waals surface area contributed by atoms with Gasteiger partial charge in [0.05, 0.1) is 0 Å². The molecule has 1 saturated heterocycles. The Bertz CT molecular complexity index is 311. The summed E-state index contributed by atoms with van der Waals surface area (Å²) in [6, 6.07) is 8.90. The first kappa shape index (κ1) is 9.69. The fraction of sp³-hybridized carbons (Fsp3) is 0.500. The van der Waals surface area contributed by atoms with Gasteiger partial charge in [0.15, 0.2) is 0 Å². The smallest absolute Gasteiger partial charge is 0.0472 e. The van der Waals surface area contributed by atoms with Crippen molar-refractivity contribution in [1.82, 2.24) is 5.32 Å². The van der Waals surface area contributed by atoms with Gasteiger partial charge in [-0.3, -0.25) is 0 Å². The highest BCUT2D eigenvalue weighted by Crippen LogP contribution is 2.28. The van der Waals surface area contributed by atoms with Gasteiger partial charge in [0.25, 0.3) is 0 Å². The molecule has 0 aliphatic carbocycles. The van der Waals surface area contributed by atoms with E-state index in [0.29, 0.717) is 18.6 Å². The van der Waals surface area contributed by atoms with E-state index in [0.717, 1.165) is 13.0 Å². The lowest BCUT2D eigenvalue weighted by atomic mass is 9.97. The topological polar surface area (TPSA) is 32.3 Å². The molecule has 0 spiro atoms. The Balaban J connectivity index is 2.13. The molecule has 1 aliphatic rings. The standard InChI is InChI=1S/C12H17NO/c1-9-4-2-3-5-11(9)12-6-10(8-14)7-13-12/h2-5,10,12-14H,6-8H2,1H3. The number of rotatable bonds is 2. The summed E-state index contributed by atoms with van der Waals surface area (Å²) in [6.45, 7) is 3.38. The number of hydrogen-bond acceptors (Lipinski definition) is 2. The van der Waals surface area contributed by atoms with Gasteiger partial charge in [0.2, 0.25) is 0 Å². The molecule has 1 aliphatic heterocycles. The van der Waals surface area contributed by atoms with Gasteiger partial charge in [0.1, 0.15) is 0 Å². The second kappa shape index (κ2) is 4.11. The van der Waals surface area contributed by atoms with Crippen molar-refractivity contribution in [2.45, 2.75) is 19.4 Å². The molecule has 2 N–H and O–H groups in total.